The molecule has 1 atom stereocenters. The maximum absolute atomic E-state index is 12.9. The SMILES string of the molecule is CCOC(=O)C1=C(C)Nc2nc(SCC)nn2C1c1cc(Br)c(OCC)c(OCC)c1. The molecule has 1 unspecified atom stereocenters. The molecule has 10 heteroatoms. The van der Waals surface area contributed by atoms with E-state index in [-0.39, 0.29) is 6.61 Å². The molecule has 0 saturated heterocycles. The number of anilines is 1. The Bertz CT molecular complexity index is 992. The van der Waals surface area contributed by atoms with Crippen molar-refractivity contribution in [2.45, 2.75) is 45.8 Å². The number of nitrogens with zero attached hydrogens (tertiary/aromatic N) is 3. The van der Waals surface area contributed by atoms with Gasteiger partial charge < -0.3 is 19.5 Å². The molecule has 1 aromatic heterocycles. The molecule has 2 heterocycles. The summed E-state index contributed by atoms with van der Waals surface area (Å²) in [6.45, 7) is 10.8. The molecule has 168 valence electrons. The minimum atomic E-state index is -0.528. The Labute approximate surface area is 194 Å². The highest BCUT2D eigenvalue weighted by Crippen LogP contribution is 2.43. The van der Waals surface area contributed by atoms with Crippen molar-refractivity contribution in [1.82, 2.24) is 14.8 Å². The average molecular weight is 511 g/mol. The highest BCUT2D eigenvalue weighted by Gasteiger charge is 2.36. The monoisotopic (exact) mass is 510 g/mol. The number of allylic oxidation sites excluding steroid dienone is 1. The van der Waals surface area contributed by atoms with Crippen LogP contribution in [-0.4, -0.2) is 46.3 Å². The summed E-state index contributed by atoms with van der Waals surface area (Å²) in [4.78, 5) is 17.5. The molecule has 3 rings (SSSR count). The van der Waals surface area contributed by atoms with Crippen LogP contribution in [0.25, 0.3) is 0 Å². The zero-order valence-electron chi connectivity index (χ0n) is 18.3. The summed E-state index contributed by atoms with van der Waals surface area (Å²) in [6.07, 6.45) is 0. The van der Waals surface area contributed by atoms with Gasteiger partial charge in [-0.2, -0.15) is 4.98 Å². The Morgan fingerprint density at radius 1 is 1.19 bits per heavy atom. The Morgan fingerprint density at radius 3 is 2.58 bits per heavy atom. The van der Waals surface area contributed by atoms with Crippen molar-refractivity contribution in [3.8, 4) is 11.5 Å². The lowest BCUT2D eigenvalue weighted by molar-refractivity contribution is -0.139. The van der Waals surface area contributed by atoms with Gasteiger partial charge in [-0.05, 0) is 67.1 Å². The second kappa shape index (κ2) is 10.4. The third-order valence-corrected chi connectivity index (χ3v) is 5.85. The number of carbonyl (C=O) groups is 1. The number of hydrogen-bond donors (Lipinski definition) is 1. The third-order valence-electron chi connectivity index (χ3n) is 4.54. The van der Waals surface area contributed by atoms with E-state index >= 15 is 0 Å². The van der Waals surface area contributed by atoms with Gasteiger partial charge in [0.15, 0.2) is 11.5 Å². The fraction of sp³-hybridized carbons (Fsp3) is 0.476. The molecule has 1 aromatic carbocycles. The van der Waals surface area contributed by atoms with E-state index in [1.54, 1.807) is 11.6 Å². The highest BCUT2D eigenvalue weighted by molar-refractivity contribution is 9.10. The predicted octanol–water partition coefficient (Wildman–Crippen LogP) is 4.80. The Morgan fingerprint density at radius 2 is 1.94 bits per heavy atom. The maximum Gasteiger partial charge on any atom is 0.338 e. The summed E-state index contributed by atoms with van der Waals surface area (Å²) in [6, 6.07) is 3.29. The molecular formula is C21H27BrN4O4S. The number of rotatable bonds is 9. The van der Waals surface area contributed by atoms with Crippen molar-refractivity contribution in [2.75, 3.05) is 30.9 Å². The van der Waals surface area contributed by atoms with Crippen molar-refractivity contribution >= 4 is 39.6 Å². The first-order valence-corrected chi connectivity index (χ1v) is 12.1. The minimum absolute atomic E-state index is 0.278. The summed E-state index contributed by atoms with van der Waals surface area (Å²) in [5.41, 5.74) is 1.96. The van der Waals surface area contributed by atoms with Crippen molar-refractivity contribution in [1.29, 1.82) is 0 Å². The minimum Gasteiger partial charge on any atom is -0.490 e. The molecule has 0 fully saturated rings. The Balaban J connectivity index is 2.20. The predicted molar refractivity (Wildman–Crippen MR) is 124 cm³/mol. The number of ether oxygens (including phenoxy) is 3. The summed E-state index contributed by atoms with van der Waals surface area (Å²) in [5, 5.41) is 8.51. The van der Waals surface area contributed by atoms with Gasteiger partial charge in [-0.15, -0.1) is 5.10 Å². The van der Waals surface area contributed by atoms with Crippen molar-refractivity contribution in [3.63, 3.8) is 0 Å². The zero-order valence-corrected chi connectivity index (χ0v) is 20.7. The van der Waals surface area contributed by atoms with Gasteiger partial charge in [0, 0.05) is 5.70 Å². The molecule has 0 amide bonds. The van der Waals surface area contributed by atoms with Crippen LogP contribution in [0.2, 0.25) is 0 Å². The highest BCUT2D eigenvalue weighted by atomic mass is 79.9. The standard InChI is InChI=1S/C21H27BrN4O4S/c1-6-28-15-11-13(10-14(22)18(15)29-7-2)17-16(19(27)30-8-3)12(5)23-20-24-21(31-9-4)25-26(17)20/h10-11,17H,6-9H2,1-5H3,(H,23,24,25). The number of thioether (sulfide) groups is 1. The van der Waals surface area contributed by atoms with E-state index in [0.717, 1.165) is 15.8 Å². The van der Waals surface area contributed by atoms with Crippen LogP contribution >= 0.6 is 27.7 Å². The number of aromatic nitrogens is 3. The van der Waals surface area contributed by atoms with Gasteiger partial charge in [0.25, 0.3) is 0 Å². The van der Waals surface area contributed by atoms with E-state index in [0.29, 0.717) is 47.1 Å². The van der Waals surface area contributed by atoms with Gasteiger partial charge in [-0.3, -0.25) is 0 Å². The van der Waals surface area contributed by atoms with Crippen LogP contribution in [0.1, 0.15) is 46.2 Å². The normalized spacial score (nSPS) is 15.4. The average Bonchev–Trinajstić information content (AvgIpc) is 3.11. The topological polar surface area (TPSA) is 87.5 Å². The van der Waals surface area contributed by atoms with Crippen LogP contribution in [0.4, 0.5) is 5.95 Å². The van der Waals surface area contributed by atoms with Gasteiger partial charge in [-0.25, -0.2) is 9.48 Å². The molecule has 2 aromatic rings. The number of esters is 1. The van der Waals surface area contributed by atoms with Gasteiger partial charge in [-0.1, -0.05) is 18.7 Å². The van der Waals surface area contributed by atoms with E-state index in [4.69, 9.17) is 14.2 Å². The van der Waals surface area contributed by atoms with E-state index in [1.807, 2.05) is 39.8 Å². The zero-order chi connectivity index (χ0) is 22.5. The van der Waals surface area contributed by atoms with Crippen LogP contribution in [0.5, 0.6) is 11.5 Å². The molecule has 0 radical (unpaired) electrons. The van der Waals surface area contributed by atoms with Crippen LogP contribution in [0, 0.1) is 0 Å². The van der Waals surface area contributed by atoms with Crippen LogP contribution in [0.3, 0.4) is 0 Å². The van der Waals surface area contributed by atoms with Crippen LogP contribution < -0.4 is 14.8 Å². The van der Waals surface area contributed by atoms with Crippen LogP contribution in [0.15, 0.2) is 33.0 Å². The fourth-order valence-electron chi connectivity index (χ4n) is 3.40. The molecule has 0 bridgehead atoms. The lowest BCUT2D eigenvalue weighted by atomic mass is 9.95. The number of carbonyl (C=O) groups excluding carboxylic acids is 1. The van der Waals surface area contributed by atoms with Crippen LogP contribution in [-0.2, 0) is 9.53 Å². The van der Waals surface area contributed by atoms with E-state index in [1.165, 1.54) is 11.8 Å². The summed E-state index contributed by atoms with van der Waals surface area (Å²) < 4.78 is 19.5. The van der Waals surface area contributed by atoms with E-state index in [2.05, 4.69) is 31.3 Å². The number of benzene rings is 1. The molecule has 31 heavy (non-hydrogen) atoms. The first-order chi connectivity index (χ1) is 14.9. The molecule has 0 spiro atoms. The molecule has 0 saturated carbocycles. The Kier molecular flexibility index (Phi) is 7.88. The summed E-state index contributed by atoms with van der Waals surface area (Å²) >= 11 is 5.15. The third kappa shape index (κ3) is 4.85. The molecule has 1 aliphatic rings. The lowest BCUT2D eigenvalue weighted by Crippen LogP contribution is -2.29. The first-order valence-electron chi connectivity index (χ1n) is 10.3. The second-order valence-corrected chi connectivity index (χ2v) is 8.66. The molecular weight excluding hydrogens is 484 g/mol. The van der Waals surface area contributed by atoms with Gasteiger partial charge >= 0.3 is 5.97 Å². The maximum atomic E-state index is 12.9. The lowest BCUT2D eigenvalue weighted by Gasteiger charge is -2.28. The molecule has 0 aliphatic carbocycles. The van der Waals surface area contributed by atoms with E-state index in [9.17, 15) is 4.79 Å². The number of halogens is 1. The van der Waals surface area contributed by atoms with Crippen molar-refractivity contribution < 1.29 is 19.0 Å². The van der Waals surface area contributed by atoms with E-state index < -0.39 is 12.0 Å². The number of hydrogen-bond acceptors (Lipinski definition) is 8. The van der Waals surface area contributed by atoms with Gasteiger partial charge in [0.05, 0.1) is 29.9 Å². The quantitative estimate of drug-likeness (QED) is 0.380. The first kappa shape index (κ1) is 23.5. The molecule has 1 N–H and O–H groups in total. The van der Waals surface area contributed by atoms with Gasteiger partial charge in [0.1, 0.15) is 6.04 Å². The van der Waals surface area contributed by atoms with Crippen molar-refractivity contribution in [3.05, 3.63) is 33.4 Å². The summed E-state index contributed by atoms with van der Waals surface area (Å²) in [7, 11) is 0. The fourth-order valence-corrected chi connectivity index (χ4v) is 4.53. The largest absolute Gasteiger partial charge is 0.490 e. The Hall–Kier alpha value is -2.20. The summed E-state index contributed by atoms with van der Waals surface area (Å²) in [5.74, 6) is 2.24. The second-order valence-electron chi connectivity index (χ2n) is 6.58. The molecule has 1 aliphatic heterocycles. The number of nitrogens with one attached hydrogen (secondary N) is 1. The number of fused-ring (bicyclic) bond motifs is 1. The molecule has 8 nitrogen and oxygen atoms in total. The smallest absolute Gasteiger partial charge is 0.338 e. The van der Waals surface area contributed by atoms with Gasteiger partial charge in [0.2, 0.25) is 11.1 Å². The van der Waals surface area contributed by atoms with Crippen molar-refractivity contribution in [2.24, 2.45) is 0 Å².